The third kappa shape index (κ3) is 3.32. The van der Waals surface area contributed by atoms with E-state index in [1.54, 1.807) is 11.8 Å². The van der Waals surface area contributed by atoms with Crippen LogP contribution in [0.25, 0.3) is 0 Å². The molecule has 0 bridgehead atoms. The van der Waals surface area contributed by atoms with Gasteiger partial charge in [0.05, 0.1) is 16.4 Å². The second-order valence-electron chi connectivity index (χ2n) is 4.32. The second-order valence-corrected chi connectivity index (χ2v) is 5.75. The summed E-state index contributed by atoms with van der Waals surface area (Å²) >= 11 is 8.09. The fourth-order valence-corrected chi connectivity index (χ4v) is 3.25. The van der Waals surface area contributed by atoms with Crippen LogP contribution in [-0.2, 0) is 25.8 Å². The minimum atomic E-state index is 0.582. The molecule has 0 spiro atoms. The Morgan fingerprint density at radius 3 is 2.53 bits per heavy atom. The van der Waals surface area contributed by atoms with Gasteiger partial charge in [-0.1, -0.05) is 30.7 Å². The predicted molar refractivity (Wildman–Crippen MR) is 81.5 cm³/mol. The van der Waals surface area contributed by atoms with Gasteiger partial charge in [-0.2, -0.15) is 5.10 Å². The standard InChI is InChI=1S/C14H18ClN3S/c1-3-12-14(15)13(18(2)17-12)9-19-11-6-4-10(8-16)5-7-11/h4-7H,3,8-9,16H2,1-2H3. The zero-order valence-corrected chi connectivity index (χ0v) is 12.8. The van der Waals surface area contributed by atoms with Crippen LogP contribution in [0.3, 0.4) is 0 Å². The fourth-order valence-electron chi connectivity index (χ4n) is 1.85. The van der Waals surface area contributed by atoms with E-state index in [2.05, 4.69) is 36.3 Å². The smallest absolute Gasteiger partial charge is 0.0858 e. The Kier molecular flexibility index (Phi) is 4.91. The number of hydrogen-bond donors (Lipinski definition) is 1. The van der Waals surface area contributed by atoms with Gasteiger partial charge in [-0.05, 0) is 24.1 Å². The first-order valence-corrected chi connectivity index (χ1v) is 7.64. The van der Waals surface area contributed by atoms with Crippen LogP contribution in [-0.4, -0.2) is 9.78 Å². The summed E-state index contributed by atoms with van der Waals surface area (Å²) in [6.07, 6.45) is 0.864. The van der Waals surface area contributed by atoms with Crippen molar-refractivity contribution in [3.8, 4) is 0 Å². The zero-order valence-electron chi connectivity index (χ0n) is 11.2. The molecule has 0 saturated carbocycles. The Bertz CT molecular complexity index is 549. The maximum atomic E-state index is 6.33. The molecule has 102 valence electrons. The molecule has 0 fully saturated rings. The molecule has 1 aromatic heterocycles. The van der Waals surface area contributed by atoms with E-state index in [9.17, 15) is 0 Å². The number of nitrogens with zero attached hydrogens (tertiary/aromatic N) is 2. The van der Waals surface area contributed by atoms with Crippen LogP contribution < -0.4 is 5.73 Å². The number of rotatable bonds is 5. The van der Waals surface area contributed by atoms with Crippen LogP contribution in [0.5, 0.6) is 0 Å². The van der Waals surface area contributed by atoms with Crippen LogP contribution in [0.15, 0.2) is 29.2 Å². The Labute approximate surface area is 123 Å². The van der Waals surface area contributed by atoms with Gasteiger partial charge < -0.3 is 5.73 Å². The number of hydrogen-bond acceptors (Lipinski definition) is 3. The fraction of sp³-hybridized carbons (Fsp3) is 0.357. The van der Waals surface area contributed by atoms with Gasteiger partial charge in [-0.15, -0.1) is 11.8 Å². The third-order valence-electron chi connectivity index (χ3n) is 3.04. The molecule has 0 aliphatic rings. The highest BCUT2D eigenvalue weighted by Crippen LogP contribution is 2.28. The van der Waals surface area contributed by atoms with Crippen LogP contribution in [0.2, 0.25) is 5.02 Å². The lowest BCUT2D eigenvalue weighted by Gasteiger charge is -2.04. The summed E-state index contributed by atoms with van der Waals surface area (Å²) in [5, 5.41) is 5.23. The Morgan fingerprint density at radius 2 is 2.00 bits per heavy atom. The van der Waals surface area contributed by atoms with Crippen molar-refractivity contribution in [3.63, 3.8) is 0 Å². The van der Waals surface area contributed by atoms with Gasteiger partial charge in [-0.3, -0.25) is 4.68 Å². The van der Waals surface area contributed by atoms with Crippen molar-refractivity contribution >= 4 is 23.4 Å². The molecule has 3 nitrogen and oxygen atoms in total. The number of benzene rings is 1. The topological polar surface area (TPSA) is 43.8 Å². The molecule has 0 atom stereocenters. The highest BCUT2D eigenvalue weighted by Gasteiger charge is 2.12. The maximum Gasteiger partial charge on any atom is 0.0858 e. The molecule has 0 unspecified atom stereocenters. The van der Waals surface area contributed by atoms with Crippen LogP contribution in [0, 0.1) is 0 Å². The molecule has 2 rings (SSSR count). The van der Waals surface area contributed by atoms with Gasteiger partial charge >= 0.3 is 0 Å². The van der Waals surface area contributed by atoms with Gasteiger partial charge in [0.1, 0.15) is 0 Å². The molecule has 2 aromatic rings. The number of halogens is 1. The van der Waals surface area contributed by atoms with Crippen molar-refractivity contribution in [2.24, 2.45) is 12.8 Å². The van der Waals surface area contributed by atoms with Crippen molar-refractivity contribution in [1.29, 1.82) is 0 Å². The summed E-state index contributed by atoms with van der Waals surface area (Å²) < 4.78 is 1.88. The van der Waals surface area contributed by atoms with E-state index in [1.807, 2.05) is 11.7 Å². The molecule has 5 heteroatoms. The van der Waals surface area contributed by atoms with Gasteiger partial charge in [-0.25, -0.2) is 0 Å². The third-order valence-corrected chi connectivity index (χ3v) is 4.50. The maximum absolute atomic E-state index is 6.33. The normalized spacial score (nSPS) is 10.9. The predicted octanol–water partition coefficient (Wildman–Crippen LogP) is 3.39. The quantitative estimate of drug-likeness (QED) is 0.860. The van der Waals surface area contributed by atoms with Gasteiger partial charge in [0.25, 0.3) is 0 Å². The molecule has 0 amide bonds. The number of aromatic nitrogens is 2. The molecule has 0 aliphatic carbocycles. The summed E-state index contributed by atoms with van der Waals surface area (Å²) in [5.74, 6) is 0.824. The summed E-state index contributed by atoms with van der Waals surface area (Å²) in [4.78, 5) is 1.22. The lowest BCUT2D eigenvalue weighted by molar-refractivity contribution is 0.720. The van der Waals surface area contributed by atoms with Crippen molar-refractivity contribution < 1.29 is 0 Å². The molecule has 0 aliphatic heterocycles. The summed E-state index contributed by atoms with van der Waals surface area (Å²) in [6.45, 7) is 2.65. The number of aryl methyl sites for hydroxylation is 2. The molecule has 1 aromatic carbocycles. The first-order chi connectivity index (χ1) is 9.15. The van der Waals surface area contributed by atoms with E-state index in [0.29, 0.717) is 6.54 Å². The molecular weight excluding hydrogens is 278 g/mol. The summed E-state index contributed by atoms with van der Waals surface area (Å²) in [5.41, 5.74) is 8.78. The van der Waals surface area contributed by atoms with E-state index >= 15 is 0 Å². The molecule has 1 heterocycles. The Morgan fingerprint density at radius 1 is 1.32 bits per heavy atom. The van der Waals surface area contributed by atoms with Gasteiger partial charge in [0.15, 0.2) is 0 Å². The Hall–Kier alpha value is -0.970. The molecule has 0 radical (unpaired) electrons. The molecule has 19 heavy (non-hydrogen) atoms. The van der Waals surface area contributed by atoms with E-state index in [4.69, 9.17) is 17.3 Å². The van der Waals surface area contributed by atoms with Gasteiger partial charge in [0.2, 0.25) is 0 Å². The van der Waals surface area contributed by atoms with Crippen molar-refractivity contribution in [2.75, 3.05) is 0 Å². The SMILES string of the molecule is CCc1nn(C)c(CSc2ccc(CN)cc2)c1Cl. The molecule has 2 N–H and O–H groups in total. The first-order valence-electron chi connectivity index (χ1n) is 6.27. The van der Waals surface area contributed by atoms with E-state index in [-0.39, 0.29) is 0 Å². The average molecular weight is 296 g/mol. The monoisotopic (exact) mass is 295 g/mol. The van der Waals surface area contributed by atoms with Crippen molar-refractivity contribution in [2.45, 2.75) is 30.5 Å². The highest BCUT2D eigenvalue weighted by molar-refractivity contribution is 7.98. The van der Waals surface area contributed by atoms with Crippen LogP contribution >= 0.6 is 23.4 Å². The molecule has 0 saturated heterocycles. The van der Waals surface area contributed by atoms with Crippen LogP contribution in [0.4, 0.5) is 0 Å². The average Bonchev–Trinajstić information content (AvgIpc) is 2.72. The number of thioether (sulfide) groups is 1. The largest absolute Gasteiger partial charge is 0.326 e. The first kappa shape index (κ1) is 14.4. The van der Waals surface area contributed by atoms with Crippen LogP contribution in [0.1, 0.15) is 23.9 Å². The number of nitrogens with two attached hydrogens (primary N) is 1. The summed E-state index contributed by atoms with van der Waals surface area (Å²) in [7, 11) is 1.94. The van der Waals surface area contributed by atoms with E-state index < -0.39 is 0 Å². The van der Waals surface area contributed by atoms with E-state index in [1.165, 1.54) is 4.90 Å². The van der Waals surface area contributed by atoms with Crippen molar-refractivity contribution in [3.05, 3.63) is 46.2 Å². The second kappa shape index (κ2) is 6.46. The minimum absolute atomic E-state index is 0.582. The van der Waals surface area contributed by atoms with Crippen molar-refractivity contribution in [1.82, 2.24) is 9.78 Å². The zero-order chi connectivity index (χ0) is 13.8. The van der Waals surface area contributed by atoms with Gasteiger partial charge in [0, 0.05) is 24.2 Å². The molecular formula is C14H18ClN3S. The Balaban J connectivity index is 2.07. The van der Waals surface area contributed by atoms with E-state index in [0.717, 1.165) is 34.1 Å². The summed E-state index contributed by atoms with van der Waals surface area (Å²) in [6, 6.07) is 8.31. The lowest BCUT2D eigenvalue weighted by Crippen LogP contribution is -1.97. The highest BCUT2D eigenvalue weighted by atomic mass is 35.5. The lowest BCUT2D eigenvalue weighted by atomic mass is 10.2. The minimum Gasteiger partial charge on any atom is -0.326 e.